The van der Waals surface area contributed by atoms with Gasteiger partial charge in [0.05, 0.1) is 21.3 Å². The van der Waals surface area contributed by atoms with Crippen LogP contribution in [0.1, 0.15) is 50.0 Å². The predicted molar refractivity (Wildman–Crippen MR) is 119 cm³/mol. The zero-order valence-electron chi connectivity index (χ0n) is 15.9. The summed E-state index contributed by atoms with van der Waals surface area (Å²) in [6.07, 6.45) is 2.20. The van der Waals surface area contributed by atoms with E-state index in [0.29, 0.717) is 50.5 Å². The van der Waals surface area contributed by atoms with Gasteiger partial charge in [-0.25, -0.2) is 5.43 Å². The molecule has 6 nitrogen and oxygen atoms in total. The van der Waals surface area contributed by atoms with E-state index in [1.54, 1.807) is 24.3 Å². The Kier molecular flexibility index (Phi) is 5.94. The average Bonchev–Trinajstić information content (AvgIpc) is 3.37. The van der Waals surface area contributed by atoms with Crippen molar-refractivity contribution in [2.24, 2.45) is 5.10 Å². The summed E-state index contributed by atoms with van der Waals surface area (Å²) in [5.41, 5.74) is 5.20. The van der Waals surface area contributed by atoms with Gasteiger partial charge in [-0.2, -0.15) is 5.10 Å². The molecular weight excluding hydrogens is 445 g/mol. The van der Waals surface area contributed by atoms with Crippen LogP contribution >= 0.6 is 34.5 Å². The zero-order chi connectivity index (χ0) is 21.3. The van der Waals surface area contributed by atoms with E-state index in [4.69, 9.17) is 27.6 Å². The van der Waals surface area contributed by atoms with Crippen LogP contribution in [0, 0.1) is 6.92 Å². The van der Waals surface area contributed by atoms with Gasteiger partial charge in [0.25, 0.3) is 11.8 Å². The number of benzene rings is 1. The van der Waals surface area contributed by atoms with E-state index in [0.717, 1.165) is 12.0 Å². The number of anilines is 1. The third-order valence-electron chi connectivity index (χ3n) is 4.75. The van der Waals surface area contributed by atoms with Crippen LogP contribution < -0.4 is 10.7 Å². The number of halogens is 2. The third kappa shape index (κ3) is 4.14. The molecule has 0 unspecified atom stereocenters. The van der Waals surface area contributed by atoms with Crippen molar-refractivity contribution < 1.29 is 14.0 Å². The number of hydrogen-bond donors (Lipinski definition) is 2. The number of rotatable bonds is 4. The van der Waals surface area contributed by atoms with Crippen molar-refractivity contribution >= 4 is 57.8 Å². The number of thiophene rings is 1. The van der Waals surface area contributed by atoms with Crippen molar-refractivity contribution in [2.45, 2.75) is 26.2 Å². The van der Waals surface area contributed by atoms with Gasteiger partial charge in [-0.3, -0.25) is 9.59 Å². The van der Waals surface area contributed by atoms with E-state index >= 15 is 0 Å². The van der Waals surface area contributed by atoms with Crippen LogP contribution in [0.15, 0.2) is 45.2 Å². The molecule has 3 aromatic rings. The Bertz CT molecular complexity index is 1150. The summed E-state index contributed by atoms with van der Waals surface area (Å²) in [5, 5.41) is 9.72. The molecule has 9 heteroatoms. The van der Waals surface area contributed by atoms with Gasteiger partial charge < -0.3 is 9.73 Å². The van der Waals surface area contributed by atoms with Crippen molar-refractivity contribution in [2.75, 3.05) is 5.32 Å². The first-order valence-electron chi connectivity index (χ1n) is 9.23. The predicted octanol–water partition coefficient (Wildman–Crippen LogP) is 5.68. The second-order valence-corrected chi connectivity index (χ2v) is 8.55. The molecule has 30 heavy (non-hydrogen) atoms. The fourth-order valence-electron chi connectivity index (χ4n) is 3.35. The van der Waals surface area contributed by atoms with Crippen molar-refractivity contribution in [1.29, 1.82) is 0 Å². The molecule has 2 aromatic heterocycles. The Morgan fingerprint density at radius 1 is 1.17 bits per heavy atom. The summed E-state index contributed by atoms with van der Waals surface area (Å²) in [6, 6.07) is 8.38. The number of fused-ring (bicyclic) bond motifs is 1. The Hall–Kier alpha value is -2.61. The smallest absolute Gasteiger partial charge is 0.291 e. The van der Waals surface area contributed by atoms with Gasteiger partial charge in [-0.1, -0.05) is 29.3 Å². The molecule has 1 aliphatic carbocycles. The van der Waals surface area contributed by atoms with E-state index in [2.05, 4.69) is 15.8 Å². The van der Waals surface area contributed by atoms with Crippen molar-refractivity contribution in [3.63, 3.8) is 0 Å². The number of carbonyl (C=O) groups excluding carboxylic acids is 2. The van der Waals surface area contributed by atoms with E-state index in [1.165, 1.54) is 11.3 Å². The number of nitrogens with zero attached hydrogens (tertiary/aromatic N) is 1. The topological polar surface area (TPSA) is 83.7 Å². The molecule has 2 amide bonds. The molecule has 0 spiro atoms. The Balaban J connectivity index is 1.58. The Morgan fingerprint density at radius 2 is 2.00 bits per heavy atom. The molecule has 4 rings (SSSR count). The van der Waals surface area contributed by atoms with Crippen LogP contribution in [-0.4, -0.2) is 17.5 Å². The minimum Gasteiger partial charge on any atom is -0.455 e. The molecule has 0 saturated heterocycles. The van der Waals surface area contributed by atoms with Gasteiger partial charge in [-0.15, -0.1) is 11.3 Å². The highest BCUT2D eigenvalue weighted by Crippen LogP contribution is 2.31. The molecule has 1 aromatic carbocycles. The molecule has 0 bridgehead atoms. The van der Waals surface area contributed by atoms with Gasteiger partial charge >= 0.3 is 0 Å². The standard InChI is InChI=1S/C21H17Cl2N3O3S/c1-11-18-15(25-26-20(27)17-6-3-9-30-17)4-2-5-16(18)29-19(11)21(28)24-14-8-7-12(22)10-13(14)23/h3,6-10H,2,4-5H2,1H3,(H,24,28)(H,26,27)/b25-15+. The number of carbonyl (C=O) groups is 2. The molecule has 154 valence electrons. The molecule has 0 radical (unpaired) electrons. The highest BCUT2D eigenvalue weighted by Gasteiger charge is 2.28. The molecule has 2 heterocycles. The lowest BCUT2D eigenvalue weighted by atomic mass is 9.93. The molecule has 1 aliphatic rings. The SMILES string of the molecule is Cc1c(C(=O)Nc2ccc(Cl)cc2Cl)oc2c1/C(=N/NC(=O)c1cccs1)CCC2. The molecular formula is C21H17Cl2N3O3S. The highest BCUT2D eigenvalue weighted by atomic mass is 35.5. The fraction of sp³-hybridized carbons (Fsp3) is 0.190. The summed E-state index contributed by atoms with van der Waals surface area (Å²) in [6.45, 7) is 1.81. The van der Waals surface area contributed by atoms with Crippen LogP contribution in [0.25, 0.3) is 0 Å². The number of nitrogens with one attached hydrogen (secondary N) is 2. The number of aryl methyl sites for hydroxylation is 1. The lowest BCUT2D eigenvalue weighted by Crippen LogP contribution is -2.21. The van der Waals surface area contributed by atoms with Crippen LogP contribution in [0.3, 0.4) is 0 Å². The lowest BCUT2D eigenvalue weighted by Gasteiger charge is -2.13. The molecule has 0 aliphatic heterocycles. The summed E-state index contributed by atoms with van der Waals surface area (Å²) in [4.78, 5) is 25.6. The first-order valence-corrected chi connectivity index (χ1v) is 10.9. The summed E-state index contributed by atoms with van der Waals surface area (Å²) in [5.74, 6) is 0.217. The first-order chi connectivity index (χ1) is 14.4. The maximum Gasteiger partial charge on any atom is 0.291 e. The van der Waals surface area contributed by atoms with Gasteiger partial charge in [0.2, 0.25) is 0 Å². The maximum absolute atomic E-state index is 12.8. The van der Waals surface area contributed by atoms with Crippen LogP contribution in [0.4, 0.5) is 5.69 Å². The van der Waals surface area contributed by atoms with E-state index in [-0.39, 0.29) is 11.7 Å². The summed E-state index contributed by atoms with van der Waals surface area (Å²) < 4.78 is 5.87. The molecule has 0 fully saturated rings. The van der Waals surface area contributed by atoms with E-state index in [9.17, 15) is 9.59 Å². The van der Waals surface area contributed by atoms with Crippen LogP contribution in [0.2, 0.25) is 10.0 Å². The van der Waals surface area contributed by atoms with Gasteiger partial charge in [0, 0.05) is 22.6 Å². The van der Waals surface area contributed by atoms with Gasteiger partial charge in [0.1, 0.15) is 5.76 Å². The minimum absolute atomic E-state index is 0.199. The van der Waals surface area contributed by atoms with Gasteiger partial charge in [-0.05, 0) is 49.4 Å². The number of hydrogen-bond acceptors (Lipinski definition) is 5. The third-order valence-corrected chi connectivity index (χ3v) is 6.17. The molecule has 0 atom stereocenters. The first kappa shape index (κ1) is 20.7. The summed E-state index contributed by atoms with van der Waals surface area (Å²) >= 11 is 13.4. The Labute approximate surface area is 186 Å². The Morgan fingerprint density at radius 3 is 2.73 bits per heavy atom. The molecule has 2 N–H and O–H groups in total. The monoisotopic (exact) mass is 461 g/mol. The number of hydrazone groups is 1. The highest BCUT2D eigenvalue weighted by molar-refractivity contribution is 7.12. The fourth-order valence-corrected chi connectivity index (χ4v) is 4.42. The normalized spacial score (nSPS) is 14.4. The second-order valence-electron chi connectivity index (χ2n) is 6.76. The average molecular weight is 462 g/mol. The van der Waals surface area contributed by atoms with Crippen molar-refractivity contribution in [3.05, 3.63) is 73.3 Å². The van der Waals surface area contributed by atoms with E-state index in [1.807, 2.05) is 18.4 Å². The zero-order valence-corrected chi connectivity index (χ0v) is 18.2. The summed E-state index contributed by atoms with van der Waals surface area (Å²) in [7, 11) is 0. The van der Waals surface area contributed by atoms with E-state index < -0.39 is 5.91 Å². The van der Waals surface area contributed by atoms with Crippen LogP contribution in [0.5, 0.6) is 0 Å². The molecule has 0 saturated carbocycles. The van der Waals surface area contributed by atoms with Crippen molar-refractivity contribution in [3.8, 4) is 0 Å². The quantitative estimate of drug-likeness (QED) is 0.490. The second kappa shape index (κ2) is 8.63. The van der Waals surface area contributed by atoms with Crippen LogP contribution in [-0.2, 0) is 6.42 Å². The number of amides is 2. The largest absolute Gasteiger partial charge is 0.455 e. The van der Waals surface area contributed by atoms with Crippen molar-refractivity contribution in [1.82, 2.24) is 5.43 Å². The minimum atomic E-state index is -0.409. The van der Waals surface area contributed by atoms with Gasteiger partial charge in [0.15, 0.2) is 5.76 Å². The number of furan rings is 1. The maximum atomic E-state index is 12.8. The lowest BCUT2D eigenvalue weighted by molar-refractivity contribution is 0.0957.